The molecule has 0 spiro atoms. The van der Waals surface area contributed by atoms with Crippen LogP contribution in [0.4, 0.5) is 0 Å². The van der Waals surface area contributed by atoms with E-state index in [0.29, 0.717) is 23.5 Å². The fraction of sp³-hybridized carbons (Fsp3) is 0.667. The summed E-state index contributed by atoms with van der Waals surface area (Å²) in [5.41, 5.74) is 0. The summed E-state index contributed by atoms with van der Waals surface area (Å²) in [6, 6.07) is 0. The summed E-state index contributed by atoms with van der Waals surface area (Å²) in [7, 11) is 0. The summed E-state index contributed by atoms with van der Waals surface area (Å²) in [6.07, 6.45) is 6.43. The van der Waals surface area contributed by atoms with Gasteiger partial charge in [-0.3, -0.25) is 4.79 Å². The number of ketones is 1. The van der Waals surface area contributed by atoms with Gasteiger partial charge in [-0.1, -0.05) is 19.1 Å². The minimum absolute atomic E-state index is 0.324. The van der Waals surface area contributed by atoms with E-state index in [-0.39, 0.29) is 0 Å². The van der Waals surface area contributed by atoms with E-state index in [0.717, 1.165) is 12.8 Å². The summed E-state index contributed by atoms with van der Waals surface area (Å²) < 4.78 is 0. The number of carbonyl (C=O) groups excluding carboxylic acids is 1. The van der Waals surface area contributed by atoms with E-state index in [1.807, 2.05) is 0 Å². The highest BCUT2D eigenvalue weighted by Crippen LogP contribution is 2.45. The van der Waals surface area contributed by atoms with Crippen LogP contribution in [0.3, 0.4) is 0 Å². The second kappa shape index (κ2) is 1.94. The molecule has 0 aromatic rings. The van der Waals surface area contributed by atoms with E-state index in [1.165, 1.54) is 0 Å². The Balaban J connectivity index is 2.12. The summed E-state index contributed by atoms with van der Waals surface area (Å²) in [6.45, 7) is 2.11. The number of Topliss-reactive ketones (excluding diaryl/α,β-unsaturated/α-hetero) is 1. The SMILES string of the molecule is CC[C@H]1C(=O)[C@H]2C=CC[C@H]21. The third-order valence-electron chi connectivity index (χ3n) is 2.86. The van der Waals surface area contributed by atoms with Crippen LogP contribution in [0, 0.1) is 17.8 Å². The van der Waals surface area contributed by atoms with Gasteiger partial charge in [0.05, 0.1) is 0 Å². The van der Waals surface area contributed by atoms with Crippen LogP contribution < -0.4 is 0 Å². The topological polar surface area (TPSA) is 17.1 Å². The van der Waals surface area contributed by atoms with Gasteiger partial charge in [-0.05, 0) is 18.8 Å². The molecule has 0 aromatic carbocycles. The lowest BCUT2D eigenvalue weighted by molar-refractivity contribution is -0.138. The highest BCUT2D eigenvalue weighted by Gasteiger charge is 2.47. The quantitative estimate of drug-likeness (QED) is 0.502. The average Bonchev–Trinajstić information content (AvgIpc) is 2.33. The predicted molar refractivity (Wildman–Crippen MR) is 39.5 cm³/mol. The minimum atomic E-state index is 0.324. The maximum atomic E-state index is 11.2. The number of allylic oxidation sites excluding steroid dienone is 2. The van der Waals surface area contributed by atoms with Crippen molar-refractivity contribution in [2.45, 2.75) is 19.8 Å². The van der Waals surface area contributed by atoms with Crippen molar-refractivity contribution in [3.05, 3.63) is 12.2 Å². The molecule has 54 valence electrons. The van der Waals surface area contributed by atoms with Crippen LogP contribution in [0.1, 0.15) is 19.8 Å². The molecule has 0 radical (unpaired) electrons. The van der Waals surface area contributed by atoms with Gasteiger partial charge < -0.3 is 0 Å². The summed E-state index contributed by atoms with van der Waals surface area (Å²) >= 11 is 0. The zero-order chi connectivity index (χ0) is 7.14. The normalized spacial score (nSPS) is 43.3. The molecule has 0 amide bonds. The lowest BCUT2D eigenvalue weighted by atomic mass is 9.64. The van der Waals surface area contributed by atoms with E-state index in [9.17, 15) is 4.79 Å². The molecule has 1 fully saturated rings. The summed E-state index contributed by atoms with van der Waals surface area (Å²) in [5.74, 6) is 1.91. The Labute approximate surface area is 61.1 Å². The third-order valence-corrected chi connectivity index (χ3v) is 2.86. The Kier molecular flexibility index (Phi) is 1.19. The predicted octanol–water partition coefficient (Wildman–Crippen LogP) is 1.79. The van der Waals surface area contributed by atoms with E-state index < -0.39 is 0 Å². The number of hydrogen-bond acceptors (Lipinski definition) is 1. The number of rotatable bonds is 1. The standard InChI is InChI=1S/C9H12O/c1-2-6-7-4-3-5-8(7)9(6)10/h3,5-8H,2,4H2,1H3/t6-,7+,8+/m1/s1. The van der Waals surface area contributed by atoms with Gasteiger partial charge in [0.2, 0.25) is 0 Å². The Hall–Kier alpha value is -0.590. The Morgan fingerprint density at radius 1 is 1.70 bits per heavy atom. The van der Waals surface area contributed by atoms with E-state index in [1.54, 1.807) is 0 Å². The van der Waals surface area contributed by atoms with Crippen molar-refractivity contribution in [3.63, 3.8) is 0 Å². The molecule has 0 aromatic heterocycles. The van der Waals surface area contributed by atoms with Gasteiger partial charge in [0.25, 0.3) is 0 Å². The molecule has 2 aliphatic rings. The lowest BCUT2D eigenvalue weighted by Crippen LogP contribution is -2.43. The maximum absolute atomic E-state index is 11.2. The van der Waals surface area contributed by atoms with E-state index in [2.05, 4.69) is 19.1 Å². The van der Waals surface area contributed by atoms with Gasteiger partial charge in [-0.25, -0.2) is 0 Å². The molecule has 0 bridgehead atoms. The first-order valence-corrected chi connectivity index (χ1v) is 4.05. The zero-order valence-electron chi connectivity index (χ0n) is 6.21. The molecular weight excluding hydrogens is 124 g/mol. The Morgan fingerprint density at radius 3 is 3.20 bits per heavy atom. The van der Waals surface area contributed by atoms with Crippen LogP contribution in [-0.2, 0) is 4.79 Å². The molecule has 2 rings (SSSR count). The molecule has 10 heavy (non-hydrogen) atoms. The molecule has 3 atom stereocenters. The first-order valence-electron chi connectivity index (χ1n) is 4.05. The van der Waals surface area contributed by atoms with Gasteiger partial charge in [-0.2, -0.15) is 0 Å². The Morgan fingerprint density at radius 2 is 2.50 bits per heavy atom. The van der Waals surface area contributed by atoms with Crippen LogP contribution >= 0.6 is 0 Å². The number of fused-ring (bicyclic) bond motifs is 1. The van der Waals surface area contributed by atoms with Crippen molar-refractivity contribution in [3.8, 4) is 0 Å². The highest BCUT2D eigenvalue weighted by atomic mass is 16.1. The first-order chi connectivity index (χ1) is 4.84. The molecular formula is C9H12O. The number of carbonyl (C=O) groups is 1. The van der Waals surface area contributed by atoms with Crippen molar-refractivity contribution in [1.82, 2.24) is 0 Å². The molecule has 1 heteroatoms. The van der Waals surface area contributed by atoms with Gasteiger partial charge in [-0.15, -0.1) is 0 Å². The molecule has 0 unspecified atom stereocenters. The summed E-state index contributed by atoms with van der Waals surface area (Å²) in [5, 5.41) is 0. The van der Waals surface area contributed by atoms with Crippen molar-refractivity contribution in [1.29, 1.82) is 0 Å². The van der Waals surface area contributed by atoms with Crippen LogP contribution in [-0.4, -0.2) is 5.78 Å². The number of hydrogen-bond donors (Lipinski definition) is 0. The molecule has 0 saturated heterocycles. The second-order valence-electron chi connectivity index (χ2n) is 3.27. The molecule has 0 N–H and O–H groups in total. The molecule has 1 saturated carbocycles. The largest absolute Gasteiger partial charge is 0.299 e. The van der Waals surface area contributed by atoms with Crippen LogP contribution in [0.15, 0.2) is 12.2 Å². The van der Waals surface area contributed by atoms with Gasteiger partial charge in [0.1, 0.15) is 5.78 Å². The first kappa shape index (κ1) is 6.14. The zero-order valence-corrected chi connectivity index (χ0v) is 6.21. The van der Waals surface area contributed by atoms with Crippen LogP contribution in [0.25, 0.3) is 0 Å². The molecule has 1 nitrogen and oxygen atoms in total. The lowest BCUT2D eigenvalue weighted by Gasteiger charge is -2.37. The average molecular weight is 136 g/mol. The van der Waals surface area contributed by atoms with Gasteiger partial charge in [0.15, 0.2) is 0 Å². The monoisotopic (exact) mass is 136 g/mol. The van der Waals surface area contributed by atoms with Gasteiger partial charge >= 0.3 is 0 Å². The molecule has 2 aliphatic carbocycles. The maximum Gasteiger partial charge on any atom is 0.143 e. The van der Waals surface area contributed by atoms with Crippen molar-refractivity contribution >= 4 is 5.78 Å². The Bertz CT molecular complexity index is 193. The third kappa shape index (κ3) is 0.556. The van der Waals surface area contributed by atoms with Crippen molar-refractivity contribution in [2.24, 2.45) is 17.8 Å². The van der Waals surface area contributed by atoms with E-state index in [4.69, 9.17) is 0 Å². The second-order valence-corrected chi connectivity index (χ2v) is 3.27. The fourth-order valence-corrected chi connectivity index (χ4v) is 2.24. The van der Waals surface area contributed by atoms with Crippen LogP contribution in [0.5, 0.6) is 0 Å². The van der Waals surface area contributed by atoms with Crippen molar-refractivity contribution < 1.29 is 4.79 Å². The molecule has 0 aliphatic heterocycles. The van der Waals surface area contributed by atoms with Crippen molar-refractivity contribution in [2.75, 3.05) is 0 Å². The smallest absolute Gasteiger partial charge is 0.143 e. The molecule has 0 heterocycles. The highest BCUT2D eigenvalue weighted by molar-refractivity contribution is 5.92. The van der Waals surface area contributed by atoms with E-state index >= 15 is 0 Å². The summed E-state index contributed by atoms with van der Waals surface area (Å²) in [4.78, 5) is 11.2. The van der Waals surface area contributed by atoms with Crippen LogP contribution in [0.2, 0.25) is 0 Å². The minimum Gasteiger partial charge on any atom is -0.299 e. The van der Waals surface area contributed by atoms with Gasteiger partial charge in [0, 0.05) is 11.8 Å². The fourth-order valence-electron chi connectivity index (χ4n) is 2.24.